The zero-order valence-corrected chi connectivity index (χ0v) is 12.6. The van der Waals surface area contributed by atoms with Gasteiger partial charge in [0.1, 0.15) is 17.3 Å². The minimum atomic E-state index is -0.280. The summed E-state index contributed by atoms with van der Waals surface area (Å²) in [6.45, 7) is -0.202. The molecule has 0 aliphatic heterocycles. The van der Waals surface area contributed by atoms with Crippen LogP contribution >= 0.6 is 0 Å². The van der Waals surface area contributed by atoms with E-state index in [0.29, 0.717) is 12.1 Å². The largest absolute Gasteiger partial charge is 0.497 e. The Hall–Kier alpha value is -2.73. The number of hydrogen-bond acceptors (Lipinski definition) is 4. The number of aromatic nitrogens is 3. The molecular weight excluding hydrogens is 297 g/mol. The van der Waals surface area contributed by atoms with Crippen LogP contribution in [0.25, 0.3) is 5.69 Å². The summed E-state index contributed by atoms with van der Waals surface area (Å²) in [5.74, 6) is 0.467. The summed E-state index contributed by atoms with van der Waals surface area (Å²) in [5.41, 5.74) is 3.00. The molecule has 0 saturated heterocycles. The summed E-state index contributed by atoms with van der Waals surface area (Å²) >= 11 is 0. The van der Waals surface area contributed by atoms with Crippen molar-refractivity contribution in [3.63, 3.8) is 0 Å². The van der Waals surface area contributed by atoms with Gasteiger partial charge in [0.25, 0.3) is 0 Å². The van der Waals surface area contributed by atoms with E-state index in [1.807, 2.05) is 24.3 Å². The maximum Gasteiger partial charge on any atom is 0.123 e. The molecular formula is C17H16FN3O2. The summed E-state index contributed by atoms with van der Waals surface area (Å²) < 4.78 is 19.9. The van der Waals surface area contributed by atoms with Crippen molar-refractivity contribution < 1.29 is 14.2 Å². The molecule has 0 unspecified atom stereocenters. The van der Waals surface area contributed by atoms with E-state index < -0.39 is 0 Å². The number of methoxy groups -OCH3 is 1. The molecule has 0 fully saturated rings. The van der Waals surface area contributed by atoms with E-state index in [4.69, 9.17) is 4.74 Å². The molecule has 3 aromatic rings. The fourth-order valence-corrected chi connectivity index (χ4v) is 2.36. The Morgan fingerprint density at radius 2 is 1.78 bits per heavy atom. The summed E-state index contributed by atoms with van der Waals surface area (Å²) in [6.07, 6.45) is 0.495. The molecule has 1 N–H and O–H groups in total. The van der Waals surface area contributed by atoms with Crippen LogP contribution in [0.15, 0.2) is 48.5 Å². The van der Waals surface area contributed by atoms with Gasteiger partial charge in [0.15, 0.2) is 0 Å². The Kier molecular flexibility index (Phi) is 4.34. The summed E-state index contributed by atoms with van der Waals surface area (Å²) in [4.78, 5) is 0. The van der Waals surface area contributed by atoms with Crippen molar-refractivity contribution in [1.82, 2.24) is 15.0 Å². The van der Waals surface area contributed by atoms with E-state index in [1.54, 1.807) is 23.9 Å². The van der Waals surface area contributed by atoms with Crippen LogP contribution in [0, 0.1) is 5.82 Å². The lowest BCUT2D eigenvalue weighted by molar-refractivity contribution is 0.275. The molecule has 23 heavy (non-hydrogen) atoms. The smallest absolute Gasteiger partial charge is 0.123 e. The Balaban J connectivity index is 1.97. The number of aliphatic hydroxyl groups excluding tert-OH is 1. The first kappa shape index (κ1) is 15.2. The van der Waals surface area contributed by atoms with Gasteiger partial charge < -0.3 is 9.84 Å². The van der Waals surface area contributed by atoms with Gasteiger partial charge in [-0.25, -0.2) is 9.07 Å². The quantitative estimate of drug-likeness (QED) is 0.786. The first-order chi connectivity index (χ1) is 11.2. The average Bonchev–Trinajstić information content (AvgIpc) is 2.99. The van der Waals surface area contributed by atoms with E-state index in [1.165, 1.54) is 12.1 Å². The van der Waals surface area contributed by atoms with Crippen molar-refractivity contribution in [2.75, 3.05) is 7.11 Å². The molecule has 0 aliphatic rings. The second-order valence-corrected chi connectivity index (χ2v) is 5.05. The summed E-state index contributed by atoms with van der Waals surface area (Å²) in [5, 5.41) is 17.6. The SMILES string of the molecule is COc1ccc(-n2nnc(CO)c2Cc2ccc(F)cc2)cc1. The third-order valence-corrected chi connectivity index (χ3v) is 3.60. The highest BCUT2D eigenvalue weighted by atomic mass is 19.1. The van der Waals surface area contributed by atoms with Crippen LogP contribution in [-0.4, -0.2) is 27.2 Å². The van der Waals surface area contributed by atoms with Crippen molar-refractivity contribution in [1.29, 1.82) is 0 Å². The molecule has 0 bridgehead atoms. The number of nitrogens with zero attached hydrogens (tertiary/aromatic N) is 3. The lowest BCUT2D eigenvalue weighted by Crippen LogP contribution is -2.05. The molecule has 118 valence electrons. The predicted molar refractivity (Wildman–Crippen MR) is 83.0 cm³/mol. The van der Waals surface area contributed by atoms with Gasteiger partial charge in [0.2, 0.25) is 0 Å². The molecule has 0 radical (unpaired) electrons. The molecule has 0 saturated carbocycles. The number of halogens is 1. The maximum absolute atomic E-state index is 13.0. The number of ether oxygens (including phenoxy) is 1. The standard InChI is InChI=1S/C17H16FN3O2/c1-23-15-8-6-14(7-9-15)21-17(16(11-22)19-20-21)10-12-2-4-13(18)5-3-12/h2-9,22H,10-11H2,1H3. The van der Waals surface area contributed by atoms with Gasteiger partial charge in [-0.1, -0.05) is 17.3 Å². The first-order valence-corrected chi connectivity index (χ1v) is 7.14. The highest BCUT2D eigenvalue weighted by molar-refractivity contribution is 5.39. The van der Waals surface area contributed by atoms with Gasteiger partial charge >= 0.3 is 0 Å². The molecule has 0 aliphatic carbocycles. The lowest BCUT2D eigenvalue weighted by atomic mass is 10.1. The normalized spacial score (nSPS) is 10.7. The summed E-state index contributed by atoms with van der Waals surface area (Å²) in [7, 11) is 1.61. The summed E-state index contributed by atoms with van der Waals surface area (Å²) in [6, 6.07) is 13.6. The van der Waals surface area contributed by atoms with Crippen LogP contribution in [0.4, 0.5) is 4.39 Å². The highest BCUT2D eigenvalue weighted by Crippen LogP contribution is 2.20. The Morgan fingerprint density at radius 3 is 2.39 bits per heavy atom. The zero-order chi connectivity index (χ0) is 16.2. The van der Waals surface area contributed by atoms with Crippen LogP contribution in [-0.2, 0) is 13.0 Å². The van der Waals surface area contributed by atoms with E-state index in [9.17, 15) is 9.50 Å². The van der Waals surface area contributed by atoms with Crippen LogP contribution in [0.2, 0.25) is 0 Å². The Morgan fingerprint density at radius 1 is 1.09 bits per heavy atom. The molecule has 6 heteroatoms. The van der Waals surface area contributed by atoms with Gasteiger partial charge in [-0.05, 0) is 42.0 Å². The van der Waals surface area contributed by atoms with Crippen molar-refractivity contribution >= 4 is 0 Å². The van der Waals surface area contributed by atoms with Gasteiger partial charge in [-0.3, -0.25) is 0 Å². The van der Waals surface area contributed by atoms with Gasteiger partial charge in [0.05, 0.1) is 25.1 Å². The number of benzene rings is 2. The fraction of sp³-hybridized carbons (Fsp3) is 0.176. The van der Waals surface area contributed by atoms with Crippen LogP contribution in [0.1, 0.15) is 17.0 Å². The molecule has 1 heterocycles. The fourth-order valence-electron chi connectivity index (χ4n) is 2.36. The van der Waals surface area contributed by atoms with Crippen molar-refractivity contribution in [3.05, 3.63) is 71.3 Å². The monoisotopic (exact) mass is 313 g/mol. The minimum absolute atomic E-state index is 0.202. The van der Waals surface area contributed by atoms with E-state index >= 15 is 0 Å². The van der Waals surface area contributed by atoms with Gasteiger partial charge in [-0.15, -0.1) is 5.10 Å². The molecule has 3 rings (SSSR count). The van der Waals surface area contributed by atoms with Crippen LogP contribution in [0.3, 0.4) is 0 Å². The molecule has 2 aromatic carbocycles. The van der Waals surface area contributed by atoms with E-state index in [2.05, 4.69) is 10.3 Å². The van der Waals surface area contributed by atoms with Crippen LogP contribution < -0.4 is 4.74 Å². The second kappa shape index (κ2) is 6.58. The second-order valence-electron chi connectivity index (χ2n) is 5.05. The molecule has 1 aromatic heterocycles. The third kappa shape index (κ3) is 3.22. The van der Waals surface area contributed by atoms with Crippen LogP contribution in [0.5, 0.6) is 5.75 Å². The predicted octanol–water partition coefficient (Wildman–Crippen LogP) is 2.50. The van der Waals surface area contributed by atoms with Crippen molar-refractivity contribution in [3.8, 4) is 11.4 Å². The topological polar surface area (TPSA) is 60.2 Å². The highest BCUT2D eigenvalue weighted by Gasteiger charge is 2.14. The van der Waals surface area contributed by atoms with Gasteiger partial charge in [-0.2, -0.15) is 0 Å². The minimum Gasteiger partial charge on any atom is -0.497 e. The zero-order valence-electron chi connectivity index (χ0n) is 12.6. The first-order valence-electron chi connectivity index (χ1n) is 7.14. The Bertz CT molecular complexity index is 783. The third-order valence-electron chi connectivity index (χ3n) is 3.60. The lowest BCUT2D eigenvalue weighted by Gasteiger charge is -2.09. The molecule has 0 spiro atoms. The molecule has 0 amide bonds. The van der Waals surface area contributed by atoms with E-state index in [0.717, 1.165) is 22.7 Å². The van der Waals surface area contributed by atoms with Crippen molar-refractivity contribution in [2.45, 2.75) is 13.0 Å². The number of hydrogen-bond donors (Lipinski definition) is 1. The molecule has 5 nitrogen and oxygen atoms in total. The van der Waals surface area contributed by atoms with Gasteiger partial charge in [0, 0.05) is 6.42 Å². The van der Waals surface area contributed by atoms with E-state index in [-0.39, 0.29) is 12.4 Å². The molecule has 0 atom stereocenters. The number of rotatable bonds is 5. The maximum atomic E-state index is 13.0. The number of aliphatic hydroxyl groups is 1. The average molecular weight is 313 g/mol. The Labute approximate surface area is 133 Å². The van der Waals surface area contributed by atoms with Crippen molar-refractivity contribution in [2.24, 2.45) is 0 Å².